The first-order valence-electron chi connectivity index (χ1n) is 6.33. The van der Waals surface area contributed by atoms with E-state index >= 15 is 0 Å². The van der Waals surface area contributed by atoms with E-state index in [4.69, 9.17) is 4.42 Å². The summed E-state index contributed by atoms with van der Waals surface area (Å²) in [6.45, 7) is 2.17. The van der Waals surface area contributed by atoms with E-state index < -0.39 is 0 Å². The highest BCUT2D eigenvalue weighted by Crippen LogP contribution is 2.20. The van der Waals surface area contributed by atoms with Gasteiger partial charge in [0.25, 0.3) is 0 Å². The molecule has 0 bridgehead atoms. The van der Waals surface area contributed by atoms with Crippen LogP contribution in [-0.2, 0) is 0 Å². The van der Waals surface area contributed by atoms with E-state index in [1.165, 1.54) is 12.8 Å². The van der Waals surface area contributed by atoms with Crippen LogP contribution >= 0.6 is 0 Å². The summed E-state index contributed by atoms with van der Waals surface area (Å²) in [5, 5.41) is 1.00. The Labute approximate surface area is 102 Å². The largest absolute Gasteiger partial charge is 0.453 e. The normalized spacial score (nSPS) is 10.9. The third-order valence-corrected chi connectivity index (χ3v) is 2.96. The first-order chi connectivity index (χ1) is 8.31. The van der Waals surface area contributed by atoms with Gasteiger partial charge in [-0.3, -0.25) is 4.79 Å². The molecule has 0 spiro atoms. The van der Waals surface area contributed by atoms with E-state index in [2.05, 4.69) is 6.92 Å². The number of hydrogen-bond acceptors (Lipinski definition) is 2. The van der Waals surface area contributed by atoms with Crippen molar-refractivity contribution in [1.29, 1.82) is 0 Å². The number of ketones is 1. The van der Waals surface area contributed by atoms with Crippen LogP contribution in [-0.4, -0.2) is 5.78 Å². The highest BCUT2D eigenvalue weighted by molar-refractivity contribution is 5.97. The molecule has 0 aliphatic heterocycles. The quantitative estimate of drug-likeness (QED) is 0.537. The van der Waals surface area contributed by atoms with Crippen molar-refractivity contribution in [2.45, 2.75) is 39.0 Å². The van der Waals surface area contributed by atoms with Crippen LogP contribution in [0.1, 0.15) is 49.6 Å². The van der Waals surface area contributed by atoms with Crippen LogP contribution in [0.4, 0.5) is 0 Å². The van der Waals surface area contributed by atoms with Crippen LogP contribution in [0.5, 0.6) is 0 Å². The van der Waals surface area contributed by atoms with E-state index in [0.29, 0.717) is 12.2 Å². The number of benzene rings is 1. The van der Waals surface area contributed by atoms with Gasteiger partial charge in [-0.2, -0.15) is 0 Å². The van der Waals surface area contributed by atoms with Crippen molar-refractivity contribution in [2.75, 3.05) is 0 Å². The summed E-state index contributed by atoms with van der Waals surface area (Å²) in [7, 11) is 0. The van der Waals surface area contributed by atoms with Gasteiger partial charge in [-0.25, -0.2) is 0 Å². The Morgan fingerprint density at radius 2 is 2.00 bits per heavy atom. The first kappa shape index (κ1) is 11.9. The maximum atomic E-state index is 11.9. The summed E-state index contributed by atoms with van der Waals surface area (Å²) >= 11 is 0. The predicted octanol–water partition coefficient (Wildman–Crippen LogP) is 4.59. The molecule has 1 aromatic carbocycles. The van der Waals surface area contributed by atoms with Gasteiger partial charge < -0.3 is 4.42 Å². The van der Waals surface area contributed by atoms with Crippen molar-refractivity contribution < 1.29 is 9.21 Å². The highest BCUT2D eigenvalue weighted by atomic mass is 16.3. The standard InChI is InChI=1S/C15H18O2/c1-2-3-4-5-9-13(16)15-11-12-8-6-7-10-14(12)17-15/h6-8,10-11H,2-5,9H2,1H3. The fraction of sp³-hybridized carbons (Fsp3) is 0.400. The minimum absolute atomic E-state index is 0.123. The molecule has 2 aromatic rings. The minimum Gasteiger partial charge on any atom is -0.453 e. The molecule has 0 aliphatic carbocycles. The van der Waals surface area contributed by atoms with Gasteiger partial charge in [0.15, 0.2) is 11.5 Å². The Bertz CT molecular complexity index is 463. The molecule has 0 amide bonds. The number of carbonyl (C=O) groups excluding carboxylic acids is 1. The molecular weight excluding hydrogens is 212 g/mol. The predicted molar refractivity (Wildman–Crippen MR) is 69.3 cm³/mol. The average Bonchev–Trinajstić information content (AvgIpc) is 2.78. The Hall–Kier alpha value is -1.57. The fourth-order valence-corrected chi connectivity index (χ4v) is 1.95. The van der Waals surface area contributed by atoms with Gasteiger partial charge in [0.1, 0.15) is 5.58 Å². The SMILES string of the molecule is CCCCCCC(=O)c1cc2ccccc2o1. The van der Waals surface area contributed by atoms with Gasteiger partial charge >= 0.3 is 0 Å². The summed E-state index contributed by atoms with van der Waals surface area (Å²) in [5.41, 5.74) is 0.796. The van der Waals surface area contributed by atoms with Gasteiger partial charge in [-0.05, 0) is 18.6 Å². The lowest BCUT2D eigenvalue weighted by Gasteiger charge is -1.97. The summed E-state index contributed by atoms with van der Waals surface area (Å²) in [5.74, 6) is 0.625. The summed E-state index contributed by atoms with van der Waals surface area (Å²) in [6, 6.07) is 9.57. The zero-order valence-electron chi connectivity index (χ0n) is 10.2. The van der Waals surface area contributed by atoms with Crippen LogP contribution in [0.3, 0.4) is 0 Å². The lowest BCUT2D eigenvalue weighted by molar-refractivity contribution is 0.0954. The van der Waals surface area contributed by atoms with E-state index in [0.717, 1.165) is 23.8 Å². The Kier molecular flexibility index (Phi) is 3.97. The minimum atomic E-state index is 0.123. The number of carbonyl (C=O) groups is 1. The smallest absolute Gasteiger partial charge is 0.198 e. The third kappa shape index (κ3) is 2.96. The second kappa shape index (κ2) is 5.67. The molecular formula is C15H18O2. The molecule has 0 saturated carbocycles. The molecule has 90 valence electrons. The van der Waals surface area contributed by atoms with Gasteiger partial charge in [0.05, 0.1) is 0 Å². The van der Waals surface area contributed by atoms with E-state index in [-0.39, 0.29) is 5.78 Å². The Balaban J connectivity index is 1.99. The monoisotopic (exact) mass is 230 g/mol. The van der Waals surface area contributed by atoms with Crippen molar-refractivity contribution in [3.05, 3.63) is 36.1 Å². The molecule has 0 saturated heterocycles. The summed E-state index contributed by atoms with van der Waals surface area (Å²) < 4.78 is 5.54. The van der Waals surface area contributed by atoms with E-state index in [9.17, 15) is 4.79 Å². The highest BCUT2D eigenvalue weighted by Gasteiger charge is 2.11. The van der Waals surface area contributed by atoms with Gasteiger partial charge in [-0.1, -0.05) is 44.4 Å². The number of furan rings is 1. The topological polar surface area (TPSA) is 30.2 Å². The molecule has 0 N–H and O–H groups in total. The van der Waals surface area contributed by atoms with Crippen LogP contribution in [0.25, 0.3) is 11.0 Å². The van der Waals surface area contributed by atoms with Crippen LogP contribution in [0, 0.1) is 0 Å². The molecule has 2 heteroatoms. The zero-order chi connectivity index (χ0) is 12.1. The van der Waals surface area contributed by atoms with Crippen molar-refractivity contribution in [3.8, 4) is 0 Å². The van der Waals surface area contributed by atoms with Crippen LogP contribution in [0.2, 0.25) is 0 Å². The lowest BCUT2D eigenvalue weighted by atomic mass is 10.1. The molecule has 2 rings (SSSR count). The van der Waals surface area contributed by atoms with Crippen molar-refractivity contribution in [2.24, 2.45) is 0 Å². The van der Waals surface area contributed by atoms with Crippen molar-refractivity contribution >= 4 is 16.8 Å². The molecule has 0 aliphatic rings. The molecule has 0 unspecified atom stereocenters. The van der Waals surface area contributed by atoms with E-state index in [1.807, 2.05) is 30.3 Å². The van der Waals surface area contributed by atoms with E-state index in [1.54, 1.807) is 0 Å². The molecule has 1 heterocycles. The number of Topliss-reactive ketones (excluding diaryl/α,β-unsaturated/α-hetero) is 1. The maximum Gasteiger partial charge on any atom is 0.198 e. The van der Waals surface area contributed by atoms with Gasteiger partial charge in [-0.15, -0.1) is 0 Å². The van der Waals surface area contributed by atoms with Gasteiger partial charge in [0, 0.05) is 11.8 Å². The average molecular weight is 230 g/mol. The number of para-hydroxylation sites is 1. The van der Waals surface area contributed by atoms with Gasteiger partial charge in [0.2, 0.25) is 0 Å². The molecule has 2 nitrogen and oxygen atoms in total. The first-order valence-corrected chi connectivity index (χ1v) is 6.33. The summed E-state index contributed by atoms with van der Waals surface area (Å²) in [4.78, 5) is 11.9. The Morgan fingerprint density at radius 3 is 2.76 bits per heavy atom. The number of fused-ring (bicyclic) bond motifs is 1. The zero-order valence-corrected chi connectivity index (χ0v) is 10.2. The lowest BCUT2D eigenvalue weighted by Crippen LogP contribution is -1.96. The molecule has 0 fully saturated rings. The van der Waals surface area contributed by atoms with Crippen molar-refractivity contribution in [1.82, 2.24) is 0 Å². The van der Waals surface area contributed by atoms with Crippen molar-refractivity contribution in [3.63, 3.8) is 0 Å². The molecule has 0 atom stereocenters. The maximum absolute atomic E-state index is 11.9. The molecule has 17 heavy (non-hydrogen) atoms. The fourth-order valence-electron chi connectivity index (χ4n) is 1.95. The molecule has 0 radical (unpaired) electrons. The summed E-state index contributed by atoms with van der Waals surface area (Å²) in [6.07, 6.45) is 5.08. The number of rotatable bonds is 6. The Morgan fingerprint density at radius 1 is 1.18 bits per heavy atom. The third-order valence-electron chi connectivity index (χ3n) is 2.96. The number of hydrogen-bond donors (Lipinski definition) is 0. The van der Waals surface area contributed by atoms with Crippen LogP contribution < -0.4 is 0 Å². The second-order valence-electron chi connectivity index (χ2n) is 4.38. The number of unbranched alkanes of at least 4 members (excludes halogenated alkanes) is 3. The van der Waals surface area contributed by atoms with Crippen LogP contribution in [0.15, 0.2) is 34.7 Å². The molecule has 1 aromatic heterocycles. The second-order valence-corrected chi connectivity index (χ2v) is 4.38.